The number of nitrogens with zero attached hydrogens (tertiary/aromatic N) is 1. The van der Waals surface area contributed by atoms with Gasteiger partial charge in [-0.05, 0) is 17.7 Å². The van der Waals surface area contributed by atoms with Crippen LogP contribution in [0.2, 0.25) is 0 Å². The highest BCUT2D eigenvalue weighted by atomic mass is 32.2. The summed E-state index contributed by atoms with van der Waals surface area (Å²) in [5.41, 5.74) is 0.716. The Morgan fingerprint density at radius 1 is 1.22 bits per heavy atom. The van der Waals surface area contributed by atoms with Gasteiger partial charge in [-0.15, -0.1) is 0 Å². The second-order valence-electron chi connectivity index (χ2n) is 3.96. The third kappa shape index (κ3) is 3.49. The summed E-state index contributed by atoms with van der Waals surface area (Å²) >= 11 is 0. The lowest BCUT2D eigenvalue weighted by Crippen LogP contribution is -2.46. The molecule has 0 unspecified atom stereocenters. The van der Waals surface area contributed by atoms with Crippen LogP contribution in [0.5, 0.6) is 0 Å². The van der Waals surface area contributed by atoms with E-state index in [0.29, 0.717) is 31.9 Å². The van der Waals surface area contributed by atoms with Gasteiger partial charge in [-0.1, -0.05) is 12.1 Å². The van der Waals surface area contributed by atoms with E-state index in [2.05, 4.69) is 4.72 Å². The maximum atomic E-state index is 12.7. The van der Waals surface area contributed by atoms with Gasteiger partial charge in [-0.25, -0.2) is 4.39 Å². The standard InChI is InChI=1S/C11H15FN2O3S/c12-11-3-1-10(2-4-11)9-13-18(15,16)14-5-7-17-8-6-14/h1-4,13H,5-9H2. The quantitative estimate of drug-likeness (QED) is 0.869. The minimum atomic E-state index is -3.48. The summed E-state index contributed by atoms with van der Waals surface area (Å²) in [6, 6.07) is 5.71. The van der Waals surface area contributed by atoms with Gasteiger partial charge in [0, 0.05) is 19.6 Å². The average molecular weight is 274 g/mol. The second kappa shape index (κ2) is 5.75. The summed E-state index contributed by atoms with van der Waals surface area (Å²) in [6.45, 7) is 1.70. The molecule has 100 valence electrons. The fourth-order valence-corrected chi connectivity index (χ4v) is 2.82. The number of halogens is 1. The normalized spacial score (nSPS) is 17.8. The van der Waals surface area contributed by atoms with Crippen LogP contribution in [0.3, 0.4) is 0 Å². The number of ether oxygens (including phenoxy) is 1. The van der Waals surface area contributed by atoms with Crippen molar-refractivity contribution in [3.8, 4) is 0 Å². The monoisotopic (exact) mass is 274 g/mol. The van der Waals surface area contributed by atoms with E-state index in [1.165, 1.54) is 16.4 Å². The Bertz CT molecular complexity index is 484. The van der Waals surface area contributed by atoms with Crippen molar-refractivity contribution in [3.05, 3.63) is 35.6 Å². The van der Waals surface area contributed by atoms with Crippen LogP contribution in [0, 0.1) is 5.82 Å². The summed E-state index contributed by atoms with van der Waals surface area (Å²) in [5, 5.41) is 0. The maximum absolute atomic E-state index is 12.7. The van der Waals surface area contributed by atoms with Crippen molar-refractivity contribution in [2.75, 3.05) is 26.3 Å². The molecule has 5 nitrogen and oxygen atoms in total. The van der Waals surface area contributed by atoms with Gasteiger partial charge >= 0.3 is 0 Å². The van der Waals surface area contributed by atoms with Gasteiger partial charge in [0.1, 0.15) is 5.82 Å². The molecule has 1 aromatic rings. The first-order valence-electron chi connectivity index (χ1n) is 5.65. The Balaban J connectivity index is 1.94. The average Bonchev–Trinajstić information content (AvgIpc) is 2.39. The van der Waals surface area contributed by atoms with Crippen LogP contribution in [-0.2, 0) is 21.5 Å². The molecule has 2 rings (SSSR count). The van der Waals surface area contributed by atoms with Crippen LogP contribution in [0.25, 0.3) is 0 Å². The molecule has 1 fully saturated rings. The van der Waals surface area contributed by atoms with Crippen LogP contribution < -0.4 is 4.72 Å². The highest BCUT2D eigenvalue weighted by Gasteiger charge is 2.23. The summed E-state index contributed by atoms with van der Waals surface area (Å²) in [6.07, 6.45) is 0. The molecule has 1 aromatic carbocycles. The van der Waals surface area contributed by atoms with Gasteiger partial charge in [0.05, 0.1) is 13.2 Å². The molecule has 0 aliphatic carbocycles. The Morgan fingerprint density at radius 3 is 2.44 bits per heavy atom. The van der Waals surface area contributed by atoms with Crippen molar-refractivity contribution < 1.29 is 17.5 Å². The molecule has 1 saturated heterocycles. The maximum Gasteiger partial charge on any atom is 0.279 e. The van der Waals surface area contributed by atoms with E-state index in [0.717, 1.165) is 0 Å². The molecule has 0 spiro atoms. The number of nitrogens with one attached hydrogen (secondary N) is 1. The molecule has 0 amide bonds. The van der Waals surface area contributed by atoms with E-state index in [1.54, 1.807) is 12.1 Å². The topological polar surface area (TPSA) is 58.6 Å². The van der Waals surface area contributed by atoms with Gasteiger partial charge in [0.25, 0.3) is 10.2 Å². The van der Waals surface area contributed by atoms with Gasteiger partial charge < -0.3 is 4.74 Å². The molecule has 1 heterocycles. The lowest BCUT2D eigenvalue weighted by atomic mass is 10.2. The first-order valence-corrected chi connectivity index (χ1v) is 7.09. The van der Waals surface area contributed by atoms with E-state index in [1.807, 2.05) is 0 Å². The summed E-state index contributed by atoms with van der Waals surface area (Å²) < 4.78 is 45.4. The summed E-state index contributed by atoms with van der Waals surface area (Å²) in [7, 11) is -3.48. The van der Waals surface area contributed by atoms with Gasteiger partial charge in [0.15, 0.2) is 0 Å². The molecule has 7 heteroatoms. The Labute approximate surface area is 106 Å². The predicted molar refractivity (Wildman–Crippen MR) is 64.6 cm³/mol. The lowest BCUT2D eigenvalue weighted by Gasteiger charge is -2.26. The van der Waals surface area contributed by atoms with Gasteiger partial charge in [0.2, 0.25) is 0 Å². The van der Waals surface area contributed by atoms with E-state index >= 15 is 0 Å². The summed E-state index contributed by atoms with van der Waals surface area (Å²) in [4.78, 5) is 0. The minimum absolute atomic E-state index is 0.153. The molecule has 18 heavy (non-hydrogen) atoms. The second-order valence-corrected chi connectivity index (χ2v) is 5.72. The molecule has 0 atom stereocenters. The zero-order valence-corrected chi connectivity index (χ0v) is 10.6. The lowest BCUT2D eigenvalue weighted by molar-refractivity contribution is 0.0725. The molecule has 1 aliphatic rings. The number of rotatable bonds is 4. The zero-order valence-electron chi connectivity index (χ0n) is 9.80. The third-order valence-electron chi connectivity index (χ3n) is 2.68. The Kier molecular flexibility index (Phi) is 4.28. The van der Waals surface area contributed by atoms with Crippen molar-refractivity contribution in [1.29, 1.82) is 0 Å². The van der Waals surface area contributed by atoms with Crippen molar-refractivity contribution in [2.24, 2.45) is 0 Å². The molecule has 0 saturated carbocycles. The van der Waals surface area contributed by atoms with Crippen LogP contribution in [0.15, 0.2) is 24.3 Å². The zero-order chi connectivity index (χ0) is 13.0. The molecule has 0 radical (unpaired) electrons. The van der Waals surface area contributed by atoms with Crippen molar-refractivity contribution in [2.45, 2.75) is 6.54 Å². The molecule has 1 N–H and O–H groups in total. The highest BCUT2D eigenvalue weighted by Crippen LogP contribution is 2.06. The van der Waals surface area contributed by atoms with Crippen LogP contribution in [-0.4, -0.2) is 39.0 Å². The smallest absolute Gasteiger partial charge is 0.279 e. The number of morpholine rings is 1. The Morgan fingerprint density at radius 2 is 1.83 bits per heavy atom. The van der Waals surface area contributed by atoms with E-state index in [4.69, 9.17) is 4.74 Å². The van der Waals surface area contributed by atoms with Crippen LogP contribution >= 0.6 is 0 Å². The fourth-order valence-electron chi connectivity index (χ4n) is 1.66. The van der Waals surface area contributed by atoms with Gasteiger partial charge in [-0.3, -0.25) is 0 Å². The third-order valence-corrected chi connectivity index (χ3v) is 4.24. The fraction of sp³-hybridized carbons (Fsp3) is 0.455. The largest absolute Gasteiger partial charge is 0.379 e. The van der Waals surface area contributed by atoms with E-state index in [9.17, 15) is 12.8 Å². The molecule has 0 aromatic heterocycles. The van der Waals surface area contributed by atoms with Crippen molar-refractivity contribution in [1.82, 2.24) is 9.03 Å². The minimum Gasteiger partial charge on any atom is -0.379 e. The molecular formula is C11H15FN2O3S. The van der Waals surface area contributed by atoms with E-state index in [-0.39, 0.29) is 12.4 Å². The SMILES string of the molecule is O=S(=O)(NCc1ccc(F)cc1)N1CCOCC1. The number of hydrogen-bond acceptors (Lipinski definition) is 3. The van der Waals surface area contributed by atoms with Crippen LogP contribution in [0.1, 0.15) is 5.56 Å². The van der Waals surface area contributed by atoms with Crippen molar-refractivity contribution >= 4 is 10.2 Å². The van der Waals surface area contributed by atoms with E-state index < -0.39 is 10.2 Å². The van der Waals surface area contributed by atoms with Gasteiger partial charge in [-0.2, -0.15) is 17.4 Å². The van der Waals surface area contributed by atoms with Crippen molar-refractivity contribution in [3.63, 3.8) is 0 Å². The van der Waals surface area contributed by atoms with Crippen LogP contribution in [0.4, 0.5) is 4.39 Å². The number of hydrogen-bond donors (Lipinski definition) is 1. The number of benzene rings is 1. The summed E-state index contributed by atoms with van der Waals surface area (Å²) in [5.74, 6) is -0.338. The molecule has 0 bridgehead atoms. The first-order chi connectivity index (χ1) is 8.58. The Hall–Kier alpha value is -1.02. The predicted octanol–water partition coefficient (Wildman–Crippen LogP) is 0.492. The molecular weight excluding hydrogens is 259 g/mol. The first kappa shape index (κ1) is 13.4. The highest BCUT2D eigenvalue weighted by molar-refractivity contribution is 7.87. The molecule has 1 aliphatic heterocycles.